The Bertz CT molecular complexity index is 1130. The van der Waals surface area contributed by atoms with Gasteiger partial charge in [-0.15, -0.1) is 24.0 Å². The van der Waals surface area contributed by atoms with Gasteiger partial charge in [-0.2, -0.15) is 0 Å². The zero-order valence-corrected chi connectivity index (χ0v) is 19.3. The van der Waals surface area contributed by atoms with Crippen LogP contribution >= 0.6 is 24.0 Å². The zero-order valence-electron chi connectivity index (χ0n) is 17.0. The molecule has 3 aromatic carbocycles. The second kappa shape index (κ2) is 10.2. The molecular formula is C24H26IN5. The summed E-state index contributed by atoms with van der Waals surface area (Å²) in [4.78, 5) is 8.91. The number of guanidine groups is 1. The molecule has 0 radical (unpaired) electrons. The molecule has 0 aliphatic heterocycles. The van der Waals surface area contributed by atoms with Crippen molar-refractivity contribution in [2.45, 2.75) is 26.4 Å². The number of nitrogens with one attached hydrogen (secondary N) is 1. The van der Waals surface area contributed by atoms with Crippen molar-refractivity contribution in [2.24, 2.45) is 10.7 Å². The zero-order chi connectivity index (χ0) is 20.1. The van der Waals surface area contributed by atoms with Crippen LogP contribution in [0, 0.1) is 0 Å². The van der Waals surface area contributed by atoms with Gasteiger partial charge < -0.3 is 15.6 Å². The fourth-order valence-corrected chi connectivity index (χ4v) is 3.32. The van der Waals surface area contributed by atoms with Gasteiger partial charge in [0.05, 0.1) is 23.9 Å². The lowest BCUT2D eigenvalue weighted by Gasteiger charge is -2.08. The third-order valence-electron chi connectivity index (χ3n) is 4.94. The second-order valence-electron chi connectivity index (χ2n) is 7.06. The van der Waals surface area contributed by atoms with E-state index in [1.807, 2.05) is 36.7 Å². The van der Waals surface area contributed by atoms with Crippen molar-refractivity contribution in [3.05, 3.63) is 95.8 Å². The van der Waals surface area contributed by atoms with Crippen LogP contribution in [-0.2, 0) is 19.5 Å². The monoisotopic (exact) mass is 511 g/mol. The number of para-hydroxylation sites is 2. The summed E-state index contributed by atoms with van der Waals surface area (Å²) in [5, 5.41) is 3.16. The number of halogens is 1. The second-order valence-corrected chi connectivity index (χ2v) is 7.06. The molecule has 1 heterocycles. The number of hydrogen-bond donors (Lipinski definition) is 2. The Labute approximate surface area is 194 Å². The summed E-state index contributed by atoms with van der Waals surface area (Å²) in [7, 11) is 0. The van der Waals surface area contributed by atoms with E-state index in [1.54, 1.807) is 0 Å². The molecule has 0 unspecified atom stereocenters. The first-order valence-electron chi connectivity index (χ1n) is 9.85. The number of nitrogens with two attached hydrogens (primary N) is 1. The van der Waals surface area contributed by atoms with Crippen LogP contribution < -0.4 is 11.1 Å². The fourth-order valence-electron chi connectivity index (χ4n) is 3.32. The van der Waals surface area contributed by atoms with Crippen LogP contribution in [-0.4, -0.2) is 15.5 Å². The molecule has 0 saturated heterocycles. The number of anilines is 1. The van der Waals surface area contributed by atoms with Crippen LogP contribution in [0.15, 0.2) is 84.1 Å². The summed E-state index contributed by atoms with van der Waals surface area (Å²) in [6, 6.07) is 24.9. The van der Waals surface area contributed by atoms with E-state index >= 15 is 0 Å². The van der Waals surface area contributed by atoms with Crippen molar-refractivity contribution < 1.29 is 0 Å². The van der Waals surface area contributed by atoms with Gasteiger partial charge in [0.15, 0.2) is 5.96 Å². The van der Waals surface area contributed by atoms with Gasteiger partial charge >= 0.3 is 0 Å². The van der Waals surface area contributed by atoms with Crippen LogP contribution in [0.1, 0.15) is 23.6 Å². The Kier molecular flexibility index (Phi) is 7.46. The number of aromatic nitrogens is 2. The molecule has 0 saturated carbocycles. The highest BCUT2D eigenvalue weighted by Gasteiger charge is 2.03. The first-order valence-corrected chi connectivity index (χ1v) is 9.85. The molecule has 5 nitrogen and oxygen atoms in total. The number of aliphatic imine (C=N–C) groups is 1. The van der Waals surface area contributed by atoms with Gasteiger partial charge in [0.25, 0.3) is 0 Å². The van der Waals surface area contributed by atoms with Gasteiger partial charge in [-0.25, -0.2) is 9.98 Å². The molecule has 0 amide bonds. The first-order chi connectivity index (χ1) is 14.2. The van der Waals surface area contributed by atoms with E-state index in [0.29, 0.717) is 12.5 Å². The predicted molar refractivity (Wildman–Crippen MR) is 135 cm³/mol. The summed E-state index contributed by atoms with van der Waals surface area (Å²) < 4.78 is 2.16. The number of fused-ring (bicyclic) bond motifs is 1. The minimum atomic E-state index is 0. The minimum absolute atomic E-state index is 0. The van der Waals surface area contributed by atoms with E-state index in [9.17, 15) is 0 Å². The Balaban J connectivity index is 0.00000256. The van der Waals surface area contributed by atoms with Gasteiger partial charge in [0.1, 0.15) is 0 Å². The highest BCUT2D eigenvalue weighted by molar-refractivity contribution is 14.0. The Hall–Kier alpha value is -2.87. The van der Waals surface area contributed by atoms with Gasteiger partial charge in [-0.3, -0.25) is 0 Å². The summed E-state index contributed by atoms with van der Waals surface area (Å²) in [5.74, 6) is 0.423. The third-order valence-corrected chi connectivity index (χ3v) is 4.94. The molecule has 0 bridgehead atoms. The maximum absolute atomic E-state index is 6.05. The number of aryl methyl sites for hydroxylation is 1. The van der Waals surface area contributed by atoms with Crippen LogP contribution in [0.25, 0.3) is 11.0 Å². The largest absolute Gasteiger partial charge is 0.370 e. The smallest absolute Gasteiger partial charge is 0.193 e. The van der Waals surface area contributed by atoms with Crippen molar-refractivity contribution in [2.75, 3.05) is 5.32 Å². The number of imidazole rings is 1. The maximum atomic E-state index is 6.05. The highest BCUT2D eigenvalue weighted by atomic mass is 127. The average molecular weight is 511 g/mol. The van der Waals surface area contributed by atoms with Crippen molar-refractivity contribution in [1.29, 1.82) is 0 Å². The quantitative estimate of drug-likeness (QED) is 0.213. The average Bonchev–Trinajstić information content (AvgIpc) is 3.16. The summed E-state index contributed by atoms with van der Waals surface area (Å²) in [5.41, 5.74) is 12.8. The lowest BCUT2D eigenvalue weighted by Crippen LogP contribution is -2.22. The molecule has 0 aliphatic rings. The van der Waals surface area contributed by atoms with E-state index in [-0.39, 0.29) is 24.0 Å². The van der Waals surface area contributed by atoms with E-state index in [0.717, 1.165) is 35.2 Å². The predicted octanol–water partition coefficient (Wildman–Crippen LogP) is 5.19. The van der Waals surface area contributed by atoms with Crippen molar-refractivity contribution in [3.8, 4) is 0 Å². The normalized spacial score (nSPS) is 11.3. The van der Waals surface area contributed by atoms with E-state index < -0.39 is 0 Å². The summed E-state index contributed by atoms with van der Waals surface area (Å²) in [6.45, 7) is 3.47. The van der Waals surface area contributed by atoms with Gasteiger partial charge in [0.2, 0.25) is 0 Å². The van der Waals surface area contributed by atoms with Gasteiger partial charge in [-0.1, -0.05) is 55.5 Å². The Morgan fingerprint density at radius 3 is 2.53 bits per heavy atom. The van der Waals surface area contributed by atoms with Crippen LogP contribution in [0.2, 0.25) is 0 Å². The SMILES string of the molecule is CCc1cccc(NC(N)=NCc2ccc(Cn3cnc4ccccc43)cc2)c1.I. The molecule has 0 spiro atoms. The molecule has 0 fully saturated rings. The first kappa shape index (κ1) is 21.8. The number of nitrogens with zero attached hydrogens (tertiary/aromatic N) is 3. The van der Waals surface area contributed by atoms with Crippen LogP contribution in [0.5, 0.6) is 0 Å². The van der Waals surface area contributed by atoms with E-state index in [1.165, 1.54) is 11.1 Å². The maximum Gasteiger partial charge on any atom is 0.193 e. The lowest BCUT2D eigenvalue weighted by atomic mass is 10.1. The summed E-state index contributed by atoms with van der Waals surface area (Å²) >= 11 is 0. The van der Waals surface area contributed by atoms with Gasteiger partial charge in [-0.05, 0) is 47.4 Å². The Morgan fingerprint density at radius 1 is 0.967 bits per heavy atom. The van der Waals surface area contributed by atoms with Crippen LogP contribution in [0.4, 0.5) is 5.69 Å². The molecular weight excluding hydrogens is 485 g/mol. The topological polar surface area (TPSA) is 68.2 Å². The molecule has 154 valence electrons. The molecule has 0 aliphatic carbocycles. The van der Waals surface area contributed by atoms with E-state index in [2.05, 4.69) is 69.2 Å². The molecule has 6 heteroatoms. The molecule has 4 rings (SSSR count). The number of benzene rings is 3. The van der Waals surface area contributed by atoms with Crippen molar-refractivity contribution >= 4 is 46.7 Å². The molecule has 0 atom stereocenters. The molecule has 3 N–H and O–H groups in total. The summed E-state index contributed by atoms with van der Waals surface area (Å²) in [6.07, 6.45) is 2.89. The molecule has 4 aromatic rings. The van der Waals surface area contributed by atoms with Gasteiger partial charge in [0, 0.05) is 12.2 Å². The van der Waals surface area contributed by atoms with Crippen molar-refractivity contribution in [1.82, 2.24) is 9.55 Å². The number of hydrogen-bond acceptors (Lipinski definition) is 2. The van der Waals surface area contributed by atoms with Crippen LogP contribution in [0.3, 0.4) is 0 Å². The number of rotatable bonds is 6. The Morgan fingerprint density at radius 2 is 1.73 bits per heavy atom. The van der Waals surface area contributed by atoms with E-state index in [4.69, 9.17) is 5.73 Å². The minimum Gasteiger partial charge on any atom is -0.370 e. The fraction of sp³-hybridized carbons (Fsp3) is 0.167. The lowest BCUT2D eigenvalue weighted by molar-refractivity contribution is 0.823. The molecule has 30 heavy (non-hydrogen) atoms. The molecule has 1 aromatic heterocycles. The standard InChI is InChI=1S/C24H25N5.HI/c1-2-18-6-5-7-21(14-18)28-24(25)26-15-19-10-12-20(13-11-19)16-29-17-27-22-8-3-4-9-23(22)29;/h3-14,17H,2,15-16H2,1H3,(H3,25,26,28);1H. The highest BCUT2D eigenvalue weighted by Crippen LogP contribution is 2.15. The van der Waals surface area contributed by atoms with Crippen molar-refractivity contribution in [3.63, 3.8) is 0 Å². The third kappa shape index (κ3) is 5.38.